The molecule has 0 saturated carbocycles. The van der Waals surface area contributed by atoms with Gasteiger partial charge in [-0.3, -0.25) is 9.11 Å². The van der Waals surface area contributed by atoms with Crippen LogP contribution in [0, 0.1) is 0 Å². The maximum Gasteiger partial charge on any atom is 0.522 e. The monoisotopic (exact) mass is 408 g/mol. The number of alkyl halides is 6. The third-order valence-electron chi connectivity index (χ3n) is 0.585. The summed E-state index contributed by atoms with van der Waals surface area (Å²) in [6, 6.07) is 0. The first kappa shape index (κ1) is 25.8. The number of hydrogen-bond acceptors (Lipinski definition) is 4. The summed E-state index contributed by atoms with van der Waals surface area (Å²) in [7, 11) is -12.8. The lowest BCUT2D eigenvalue weighted by Gasteiger charge is -1.97. The molecule has 0 aromatic rings. The summed E-state index contributed by atoms with van der Waals surface area (Å²) in [5, 5.41) is 0. The van der Waals surface area contributed by atoms with Crippen LogP contribution < -0.4 is 0 Å². The summed E-state index contributed by atoms with van der Waals surface area (Å²) in [5.41, 5.74) is -11.1. The van der Waals surface area contributed by atoms with Crippen molar-refractivity contribution < 1.29 is 52.3 Å². The van der Waals surface area contributed by atoms with E-state index in [1.54, 1.807) is 0 Å². The Balaban J connectivity index is -0.000000239. The van der Waals surface area contributed by atoms with Gasteiger partial charge in [0.1, 0.15) is 7.38 Å². The zero-order chi connectivity index (χ0) is 18.5. The second kappa shape index (κ2) is 7.96. The van der Waals surface area contributed by atoms with Gasteiger partial charge in [-0.1, -0.05) is 19.6 Å². The number of rotatable bonds is 0. The van der Waals surface area contributed by atoms with E-state index in [4.69, 9.17) is 37.0 Å². The van der Waals surface area contributed by atoms with E-state index < -0.39 is 38.6 Å². The van der Waals surface area contributed by atoms with E-state index in [-0.39, 0.29) is 0 Å². The second-order valence-electron chi connectivity index (χ2n) is 3.91. The van der Waals surface area contributed by atoms with Gasteiger partial charge in [-0.25, -0.2) is 0 Å². The van der Waals surface area contributed by atoms with Gasteiger partial charge in [0.2, 0.25) is 0 Å². The van der Waals surface area contributed by atoms with Gasteiger partial charge in [0.05, 0.1) is 0 Å². The summed E-state index contributed by atoms with van der Waals surface area (Å²) in [5.74, 6) is 0. The van der Waals surface area contributed by atoms with Gasteiger partial charge in [-0.2, -0.15) is 54.3 Å². The quantitative estimate of drug-likeness (QED) is 0.210. The van der Waals surface area contributed by atoms with Crippen molar-refractivity contribution in [1.29, 1.82) is 0 Å². The molecule has 0 aromatic heterocycles. The Morgan fingerprint density at radius 1 is 0.762 bits per heavy atom. The van der Waals surface area contributed by atoms with Crippen molar-refractivity contribution >= 4 is 38.7 Å². The highest BCUT2D eigenvalue weighted by Gasteiger charge is 2.45. The van der Waals surface area contributed by atoms with E-state index in [1.807, 2.05) is 0 Å². The summed E-state index contributed by atoms with van der Waals surface area (Å²) in [6.45, 7) is 6.28. The van der Waals surface area contributed by atoms with E-state index in [9.17, 15) is 26.3 Å². The van der Waals surface area contributed by atoms with Gasteiger partial charge in [0.25, 0.3) is 0 Å². The molecule has 0 radical (unpaired) electrons. The molecule has 0 bridgehead atoms. The molecule has 0 aliphatic rings. The Kier molecular flexibility index (Phi) is 9.79. The molecule has 0 unspecified atom stereocenters. The molecule has 2 N–H and O–H groups in total. The Hall–Kier alpha value is -0.0931. The van der Waals surface area contributed by atoms with Crippen LogP contribution in [0.4, 0.5) is 26.3 Å². The average molecular weight is 409 g/mol. The average Bonchev–Trinajstić information content (AvgIpc) is 1.91. The molecule has 132 valence electrons. The molecule has 0 aromatic carbocycles. The maximum absolute atomic E-state index is 10.7. The molecule has 6 nitrogen and oxygen atoms in total. The third kappa shape index (κ3) is 19.9. The molecule has 0 rings (SSSR count). The fourth-order valence-corrected chi connectivity index (χ4v) is 0. The Bertz CT molecular complexity index is 455. The minimum absolute atomic E-state index is 1.14. The second-order valence-corrected chi connectivity index (χ2v) is 14.3. The van der Waals surface area contributed by atoms with E-state index in [0.717, 1.165) is 0 Å². The van der Waals surface area contributed by atoms with Crippen LogP contribution in [0.3, 0.4) is 0 Å². The van der Waals surface area contributed by atoms with Gasteiger partial charge >= 0.3 is 31.3 Å². The minimum Gasteiger partial charge on any atom is -0.279 e. The van der Waals surface area contributed by atoms with Gasteiger partial charge in [0.15, 0.2) is 0 Å². The first-order valence-corrected chi connectivity index (χ1v) is 11.7. The molecule has 0 aliphatic heterocycles. The zero-order valence-electron chi connectivity index (χ0n) is 10.5. The highest BCUT2D eigenvalue weighted by atomic mass is 35.6. The predicted octanol–water partition coefficient (Wildman–Crippen LogP) is 2.85. The maximum atomic E-state index is 10.7. The smallest absolute Gasteiger partial charge is 0.279 e. The standard InChI is InChI=1S/C3H9ClSi.2CHF3O3S/c1-5(2,3)4;2*2-1(3,4)8(5,6)7/h1-3H3;2*(H,5,6,7). The Morgan fingerprint density at radius 3 is 0.810 bits per heavy atom. The molecule has 16 heteroatoms. The SMILES string of the molecule is C[Si](C)(C)Cl.O=S(=O)(O)C(F)(F)F.O=S(=O)(O)C(F)(F)F. The van der Waals surface area contributed by atoms with Crippen molar-refractivity contribution in [3.8, 4) is 0 Å². The van der Waals surface area contributed by atoms with Crippen LogP contribution in [0.15, 0.2) is 0 Å². The highest BCUT2D eigenvalue weighted by Crippen LogP contribution is 2.21. The van der Waals surface area contributed by atoms with E-state index >= 15 is 0 Å². The van der Waals surface area contributed by atoms with Gasteiger partial charge < -0.3 is 0 Å². The molecular weight excluding hydrogens is 398 g/mol. The van der Waals surface area contributed by atoms with E-state index in [1.165, 1.54) is 0 Å². The largest absolute Gasteiger partial charge is 0.522 e. The summed E-state index contributed by atoms with van der Waals surface area (Å²) in [4.78, 5) is 0. The summed E-state index contributed by atoms with van der Waals surface area (Å²) in [6.07, 6.45) is 0. The van der Waals surface area contributed by atoms with E-state index in [0.29, 0.717) is 0 Å². The summed E-state index contributed by atoms with van der Waals surface area (Å²) >= 11 is 5.67. The molecule has 0 saturated heterocycles. The minimum atomic E-state index is -5.84. The predicted molar refractivity (Wildman–Crippen MR) is 64.4 cm³/mol. The fourth-order valence-electron chi connectivity index (χ4n) is 0. The van der Waals surface area contributed by atoms with Crippen LogP contribution in [0.1, 0.15) is 0 Å². The molecule has 0 amide bonds. The van der Waals surface area contributed by atoms with Gasteiger partial charge in [0, 0.05) is 0 Å². The first-order valence-electron chi connectivity index (χ1n) is 4.26. The van der Waals surface area contributed by atoms with Gasteiger partial charge in [-0.05, 0) is 0 Å². The van der Waals surface area contributed by atoms with Crippen molar-refractivity contribution in [3.05, 3.63) is 0 Å². The van der Waals surface area contributed by atoms with Gasteiger partial charge in [-0.15, -0.1) is 0 Å². The highest BCUT2D eigenvalue weighted by molar-refractivity contribution is 7.86. The Labute approximate surface area is 122 Å². The Morgan fingerprint density at radius 2 is 0.810 bits per heavy atom. The molecule has 0 atom stereocenters. The van der Waals surface area contributed by atoms with Crippen molar-refractivity contribution in [2.24, 2.45) is 0 Å². The number of halogens is 7. The third-order valence-corrected chi connectivity index (χ3v) is 1.75. The number of hydrogen-bond donors (Lipinski definition) is 2. The lowest BCUT2D eigenvalue weighted by molar-refractivity contribution is -0.0514. The topological polar surface area (TPSA) is 109 Å². The molecule has 0 spiro atoms. The van der Waals surface area contributed by atoms with Crippen molar-refractivity contribution in [2.75, 3.05) is 0 Å². The summed E-state index contributed by atoms with van der Waals surface area (Å²) < 4.78 is 115. The van der Waals surface area contributed by atoms with Crippen molar-refractivity contribution in [3.63, 3.8) is 0 Å². The van der Waals surface area contributed by atoms with E-state index in [2.05, 4.69) is 19.6 Å². The first-order chi connectivity index (χ1) is 8.50. The lowest BCUT2D eigenvalue weighted by Crippen LogP contribution is -2.21. The molecule has 21 heavy (non-hydrogen) atoms. The lowest BCUT2D eigenvalue weighted by atomic mass is 11.6. The van der Waals surface area contributed by atoms with Crippen LogP contribution in [0.25, 0.3) is 0 Å². The molecule has 0 aliphatic carbocycles. The molecule has 0 heterocycles. The van der Waals surface area contributed by atoms with Crippen molar-refractivity contribution in [2.45, 2.75) is 30.7 Å². The molecule has 0 fully saturated rings. The normalized spacial score (nSPS) is 13.5. The van der Waals surface area contributed by atoms with Crippen LogP contribution in [-0.2, 0) is 20.2 Å². The fraction of sp³-hybridized carbons (Fsp3) is 1.00. The van der Waals surface area contributed by atoms with Crippen LogP contribution in [0.2, 0.25) is 19.6 Å². The zero-order valence-corrected chi connectivity index (χ0v) is 13.9. The van der Waals surface area contributed by atoms with Crippen LogP contribution in [-0.4, -0.2) is 44.3 Å². The van der Waals surface area contributed by atoms with Crippen LogP contribution >= 0.6 is 11.1 Å². The molecular formula is C5H11ClF6O6S2Si. The van der Waals surface area contributed by atoms with Crippen LogP contribution in [0.5, 0.6) is 0 Å². The van der Waals surface area contributed by atoms with Crippen molar-refractivity contribution in [1.82, 2.24) is 0 Å².